The molecule has 0 aliphatic heterocycles. The van der Waals surface area contributed by atoms with Gasteiger partial charge in [0.15, 0.2) is 0 Å². The van der Waals surface area contributed by atoms with Crippen LogP contribution in [-0.4, -0.2) is 39.0 Å². The largest absolute Gasteiger partial charge is 0.457 e. The average Bonchev–Trinajstić information content (AvgIpc) is 2.82. The lowest BCUT2D eigenvalue weighted by molar-refractivity contribution is -0.137. The molecule has 0 fully saturated rings. The van der Waals surface area contributed by atoms with Crippen LogP contribution in [0.3, 0.4) is 0 Å². The Morgan fingerprint density at radius 2 is 1.74 bits per heavy atom. The van der Waals surface area contributed by atoms with E-state index in [9.17, 15) is 22.8 Å². The molecule has 13 heteroatoms. The molecule has 0 saturated heterocycles. The maximum atomic E-state index is 13.1. The zero-order valence-corrected chi connectivity index (χ0v) is 18.5. The summed E-state index contributed by atoms with van der Waals surface area (Å²) < 4.78 is 45.0. The van der Waals surface area contributed by atoms with Gasteiger partial charge < -0.3 is 10.1 Å². The minimum atomic E-state index is -4.72. The highest BCUT2D eigenvalue weighted by Gasteiger charge is 2.34. The Morgan fingerprint density at radius 3 is 2.49 bits per heavy atom. The Hall–Kier alpha value is -4.32. The minimum Gasteiger partial charge on any atom is -0.457 e. The summed E-state index contributed by atoms with van der Waals surface area (Å²) in [5.41, 5.74) is -0.724. The molecule has 9 nitrogen and oxygen atoms in total. The summed E-state index contributed by atoms with van der Waals surface area (Å²) in [6, 6.07) is 10.7. The van der Waals surface area contributed by atoms with Crippen LogP contribution in [0, 0.1) is 0 Å². The van der Waals surface area contributed by atoms with Crippen LogP contribution in [-0.2, 0) is 6.18 Å². The van der Waals surface area contributed by atoms with Crippen molar-refractivity contribution in [3.05, 3.63) is 76.6 Å². The van der Waals surface area contributed by atoms with Crippen LogP contribution in [0.2, 0.25) is 5.02 Å². The van der Waals surface area contributed by atoms with Gasteiger partial charge in [-0.3, -0.25) is 19.9 Å². The monoisotopic (exact) mass is 502 g/mol. The van der Waals surface area contributed by atoms with Gasteiger partial charge in [0.25, 0.3) is 11.8 Å². The van der Waals surface area contributed by atoms with Crippen LogP contribution in [0.1, 0.15) is 26.4 Å². The summed E-state index contributed by atoms with van der Waals surface area (Å²) in [7, 11) is 1.48. The Kier molecular flexibility index (Phi) is 6.47. The van der Waals surface area contributed by atoms with E-state index in [2.05, 4.69) is 30.8 Å². The molecule has 178 valence electrons. The lowest BCUT2D eigenvalue weighted by Gasteiger charge is -2.12. The Bertz CT molecular complexity index is 1450. The number of amides is 2. The summed E-state index contributed by atoms with van der Waals surface area (Å²) in [5.74, 6) is -0.891. The van der Waals surface area contributed by atoms with E-state index in [4.69, 9.17) is 16.3 Å². The van der Waals surface area contributed by atoms with Crippen LogP contribution in [0.4, 0.5) is 19.1 Å². The number of ether oxygens (including phenoxy) is 1. The van der Waals surface area contributed by atoms with Crippen molar-refractivity contribution in [2.75, 3.05) is 12.4 Å². The number of hydrogen-bond acceptors (Lipinski definition) is 7. The number of alkyl halides is 3. The predicted octanol–water partition coefficient (Wildman–Crippen LogP) is 4.50. The Morgan fingerprint density at radius 1 is 0.971 bits per heavy atom. The number of fused-ring (bicyclic) bond motifs is 1. The molecule has 4 aromatic rings. The lowest BCUT2D eigenvalue weighted by Crippen LogP contribution is -2.18. The fourth-order valence-electron chi connectivity index (χ4n) is 2.99. The summed E-state index contributed by atoms with van der Waals surface area (Å²) in [6.07, 6.45) is -3.31. The molecule has 2 heterocycles. The van der Waals surface area contributed by atoms with Gasteiger partial charge in [-0.15, -0.1) is 10.2 Å². The third-order valence-corrected chi connectivity index (χ3v) is 5.03. The van der Waals surface area contributed by atoms with Gasteiger partial charge in [-0.05, 0) is 30.3 Å². The van der Waals surface area contributed by atoms with E-state index in [0.717, 1.165) is 18.2 Å². The van der Waals surface area contributed by atoms with E-state index >= 15 is 0 Å². The predicted molar refractivity (Wildman–Crippen MR) is 119 cm³/mol. The zero-order chi connectivity index (χ0) is 25.2. The van der Waals surface area contributed by atoms with Crippen molar-refractivity contribution >= 4 is 40.4 Å². The highest BCUT2D eigenvalue weighted by molar-refractivity contribution is 6.35. The lowest BCUT2D eigenvalue weighted by atomic mass is 10.1. The van der Waals surface area contributed by atoms with Crippen LogP contribution in [0.25, 0.3) is 11.0 Å². The van der Waals surface area contributed by atoms with Crippen LogP contribution < -0.4 is 15.4 Å². The number of carbonyl (C=O) groups excluding carboxylic acids is 2. The molecule has 2 aromatic heterocycles. The van der Waals surface area contributed by atoms with Gasteiger partial charge in [0.05, 0.1) is 21.7 Å². The van der Waals surface area contributed by atoms with Crippen molar-refractivity contribution in [3.63, 3.8) is 0 Å². The van der Waals surface area contributed by atoms with Gasteiger partial charge in [-0.25, -0.2) is 4.98 Å². The quantitative estimate of drug-likeness (QED) is 0.412. The van der Waals surface area contributed by atoms with E-state index in [-0.39, 0.29) is 23.1 Å². The molecule has 0 saturated carbocycles. The first kappa shape index (κ1) is 23.8. The number of hydrogen-bond donors (Lipinski definition) is 2. The first-order valence-electron chi connectivity index (χ1n) is 9.83. The van der Waals surface area contributed by atoms with E-state index in [0.29, 0.717) is 17.0 Å². The molecular weight excluding hydrogens is 489 g/mol. The van der Waals surface area contributed by atoms with E-state index in [1.807, 2.05) is 0 Å². The molecule has 4 rings (SSSR count). The second-order valence-electron chi connectivity index (χ2n) is 6.96. The molecule has 2 amide bonds. The Labute approximate surface area is 200 Å². The highest BCUT2D eigenvalue weighted by atomic mass is 35.5. The number of aromatic nitrogens is 4. The second-order valence-corrected chi connectivity index (χ2v) is 7.34. The van der Waals surface area contributed by atoms with E-state index in [1.54, 1.807) is 18.2 Å². The number of nitrogens with zero attached hydrogens (tertiary/aromatic N) is 4. The molecule has 35 heavy (non-hydrogen) atoms. The van der Waals surface area contributed by atoms with Gasteiger partial charge >= 0.3 is 6.18 Å². The topological polar surface area (TPSA) is 119 Å². The number of pyridine rings is 1. The fourth-order valence-corrected chi connectivity index (χ4v) is 3.31. The van der Waals surface area contributed by atoms with Gasteiger partial charge in [0, 0.05) is 25.4 Å². The number of halogens is 4. The van der Waals surface area contributed by atoms with Crippen molar-refractivity contribution < 1.29 is 27.5 Å². The number of anilines is 1. The van der Waals surface area contributed by atoms with Crippen molar-refractivity contribution in [2.45, 2.75) is 6.18 Å². The number of carbonyl (C=O) groups is 2. The number of nitrogens with one attached hydrogen (secondary N) is 2. The molecule has 0 radical (unpaired) electrons. The maximum Gasteiger partial charge on any atom is 0.417 e. The van der Waals surface area contributed by atoms with Crippen LogP contribution in [0.15, 0.2) is 54.7 Å². The first-order chi connectivity index (χ1) is 16.7. The summed E-state index contributed by atoms with van der Waals surface area (Å²) >= 11 is 5.80. The van der Waals surface area contributed by atoms with Crippen molar-refractivity contribution in [2.24, 2.45) is 0 Å². The molecule has 0 bridgehead atoms. The van der Waals surface area contributed by atoms with E-state index in [1.165, 1.54) is 25.4 Å². The zero-order valence-electron chi connectivity index (χ0n) is 17.7. The highest BCUT2D eigenvalue weighted by Crippen LogP contribution is 2.36. The van der Waals surface area contributed by atoms with Gasteiger partial charge in [0.1, 0.15) is 22.7 Å². The molecular formula is C22H14ClF3N6O3. The van der Waals surface area contributed by atoms with Gasteiger partial charge in [-0.2, -0.15) is 13.2 Å². The second kappa shape index (κ2) is 9.50. The van der Waals surface area contributed by atoms with Crippen molar-refractivity contribution in [3.8, 4) is 11.5 Å². The molecule has 0 atom stereocenters. The minimum absolute atomic E-state index is 0.160. The van der Waals surface area contributed by atoms with Gasteiger partial charge in [-0.1, -0.05) is 17.7 Å². The molecule has 2 N–H and O–H groups in total. The maximum absolute atomic E-state index is 13.1. The molecule has 2 aromatic carbocycles. The SMILES string of the molecule is CNC(=O)c1cc(Oc2ccc3nnc(NC(=O)c4cccc(C(F)(F)F)c4Cl)nc3c2)ccn1. The normalized spacial score (nSPS) is 11.2. The average molecular weight is 503 g/mol. The van der Waals surface area contributed by atoms with Crippen molar-refractivity contribution in [1.82, 2.24) is 25.5 Å². The summed E-state index contributed by atoms with van der Waals surface area (Å²) in [5, 5.41) is 11.7. The molecule has 0 aliphatic rings. The van der Waals surface area contributed by atoms with Crippen molar-refractivity contribution in [1.29, 1.82) is 0 Å². The van der Waals surface area contributed by atoms with Crippen LogP contribution >= 0.6 is 11.6 Å². The smallest absolute Gasteiger partial charge is 0.417 e. The van der Waals surface area contributed by atoms with Crippen LogP contribution in [0.5, 0.6) is 11.5 Å². The molecule has 0 spiro atoms. The Balaban J connectivity index is 1.57. The molecule has 0 aliphatic carbocycles. The third kappa shape index (κ3) is 5.27. The fraction of sp³-hybridized carbons (Fsp3) is 0.0909. The standard InChI is InChI=1S/C22H14ClF3N6O3/c1-27-20(34)17-10-12(7-8-28-17)35-11-5-6-15-16(9-11)29-21(32-31-15)30-19(33)13-3-2-4-14(18(13)23)22(24,25)26/h2-10H,1H3,(H,27,34)(H,29,30,32,33). The number of benzene rings is 2. The molecule has 0 unspecified atom stereocenters. The third-order valence-electron chi connectivity index (χ3n) is 4.63. The number of rotatable bonds is 5. The summed E-state index contributed by atoms with van der Waals surface area (Å²) in [4.78, 5) is 32.4. The van der Waals surface area contributed by atoms with Gasteiger partial charge in [0.2, 0.25) is 5.95 Å². The summed E-state index contributed by atoms with van der Waals surface area (Å²) in [6.45, 7) is 0. The first-order valence-corrected chi connectivity index (χ1v) is 10.2. The van der Waals surface area contributed by atoms with E-state index < -0.39 is 28.2 Å².